The number of nitrogens with zero attached hydrogens (tertiary/aromatic N) is 2. The first-order chi connectivity index (χ1) is 13.5. The number of amides is 2. The van der Waals surface area contributed by atoms with Crippen molar-refractivity contribution in [2.24, 2.45) is 0 Å². The van der Waals surface area contributed by atoms with Gasteiger partial charge in [-0.25, -0.2) is 14.6 Å². The highest BCUT2D eigenvalue weighted by Crippen LogP contribution is 2.28. The molecule has 1 aliphatic heterocycles. The highest BCUT2D eigenvalue weighted by molar-refractivity contribution is 7.99. The van der Waals surface area contributed by atoms with E-state index in [1.807, 2.05) is 16.7 Å². The average molecular weight is 425 g/mol. The number of carbonyl (C=O) groups excluding carboxylic acids is 2. The summed E-state index contributed by atoms with van der Waals surface area (Å²) >= 11 is 7.51. The number of urea groups is 1. The zero-order valence-corrected chi connectivity index (χ0v) is 17.2. The molecule has 0 aliphatic carbocycles. The van der Waals surface area contributed by atoms with E-state index in [2.05, 4.69) is 15.6 Å². The second kappa shape index (κ2) is 9.31. The lowest BCUT2D eigenvalue weighted by Gasteiger charge is -2.21. The van der Waals surface area contributed by atoms with Gasteiger partial charge < -0.3 is 24.7 Å². The van der Waals surface area contributed by atoms with E-state index >= 15 is 0 Å². The molecule has 2 amide bonds. The number of fused-ring (bicyclic) bond motifs is 1. The molecule has 150 valence electrons. The van der Waals surface area contributed by atoms with Crippen molar-refractivity contribution in [3.8, 4) is 0 Å². The summed E-state index contributed by atoms with van der Waals surface area (Å²) in [4.78, 5) is 28.6. The molecule has 2 heterocycles. The summed E-state index contributed by atoms with van der Waals surface area (Å²) in [5.41, 5.74) is 2.66. The molecule has 0 atom stereocenters. The number of imidazole rings is 1. The molecule has 2 aromatic rings. The Balaban J connectivity index is 1.88. The van der Waals surface area contributed by atoms with Crippen LogP contribution in [0.3, 0.4) is 0 Å². The lowest BCUT2D eigenvalue weighted by Crippen LogP contribution is -2.44. The number of ether oxygens (including phenoxy) is 2. The number of esters is 1. The molecule has 0 saturated carbocycles. The minimum atomic E-state index is -0.440. The summed E-state index contributed by atoms with van der Waals surface area (Å²) in [7, 11) is 1.64. The quantitative estimate of drug-likeness (QED) is 0.499. The first-order valence-electron chi connectivity index (χ1n) is 8.75. The van der Waals surface area contributed by atoms with Crippen LogP contribution in [0.2, 0.25) is 5.02 Å². The molecule has 0 spiro atoms. The predicted octanol–water partition coefficient (Wildman–Crippen LogP) is 2.56. The zero-order chi connectivity index (χ0) is 20.1. The van der Waals surface area contributed by atoms with Crippen molar-refractivity contribution in [2.75, 3.05) is 32.6 Å². The maximum Gasteiger partial charge on any atom is 0.337 e. The van der Waals surface area contributed by atoms with Crippen molar-refractivity contribution < 1.29 is 19.1 Å². The van der Waals surface area contributed by atoms with Crippen LogP contribution < -0.4 is 10.6 Å². The zero-order valence-electron chi connectivity index (χ0n) is 15.6. The molecular weight excluding hydrogens is 404 g/mol. The summed E-state index contributed by atoms with van der Waals surface area (Å²) in [5, 5.41) is 6.66. The third kappa shape index (κ3) is 4.60. The molecule has 8 nitrogen and oxygen atoms in total. The fourth-order valence-corrected chi connectivity index (χ4v) is 3.99. The summed E-state index contributed by atoms with van der Waals surface area (Å²) in [6.45, 7) is 3.29. The number of hydrogen-bond acceptors (Lipinski definition) is 6. The van der Waals surface area contributed by atoms with Gasteiger partial charge in [0.1, 0.15) is 0 Å². The van der Waals surface area contributed by atoms with Crippen LogP contribution in [0.5, 0.6) is 0 Å². The minimum absolute atomic E-state index is 0.135. The molecule has 0 unspecified atom stereocenters. The molecule has 0 fully saturated rings. The standard InChI is InChI=1S/C18H21ClN4O4S/c1-3-27-16(24)12-9-20-17(25)21-14(12)10-28-18-22-13-8-11(19)4-5-15(13)23(18)6-7-26-2/h4-5,8H,3,6-7,9-10H2,1-2H3,(H2,20,21,25). The maximum atomic E-state index is 12.2. The first-order valence-corrected chi connectivity index (χ1v) is 10.1. The number of methoxy groups -OCH3 is 1. The van der Waals surface area contributed by atoms with Crippen LogP contribution in [0.15, 0.2) is 34.6 Å². The van der Waals surface area contributed by atoms with Crippen LogP contribution in [0, 0.1) is 0 Å². The predicted molar refractivity (Wildman–Crippen MR) is 108 cm³/mol. The number of carbonyl (C=O) groups is 2. The third-order valence-electron chi connectivity index (χ3n) is 4.12. The van der Waals surface area contributed by atoms with Gasteiger partial charge in [-0.05, 0) is 25.1 Å². The van der Waals surface area contributed by atoms with E-state index in [1.165, 1.54) is 11.8 Å². The summed E-state index contributed by atoms with van der Waals surface area (Å²) in [5.74, 6) is -0.0729. The van der Waals surface area contributed by atoms with Gasteiger partial charge in [-0.3, -0.25) is 0 Å². The second-order valence-electron chi connectivity index (χ2n) is 5.95. The van der Waals surface area contributed by atoms with Gasteiger partial charge >= 0.3 is 12.0 Å². The lowest BCUT2D eigenvalue weighted by atomic mass is 10.2. The lowest BCUT2D eigenvalue weighted by molar-refractivity contribution is -0.138. The number of nitrogens with one attached hydrogen (secondary N) is 2. The number of hydrogen-bond donors (Lipinski definition) is 2. The van der Waals surface area contributed by atoms with Crippen molar-refractivity contribution in [3.05, 3.63) is 34.5 Å². The molecule has 0 radical (unpaired) electrons. The molecule has 28 heavy (non-hydrogen) atoms. The largest absolute Gasteiger partial charge is 0.463 e. The summed E-state index contributed by atoms with van der Waals surface area (Å²) in [6, 6.07) is 5.20. The van der Waals surface area contributed by atoms with Crippen LogP contribution in [0.1, 0.15) is 6.92 Å². The Bertz CT molecular complexity index is 928. The topological polar surface area (TPSA) is 94.5 Å². The normalized spacial score (nSPS) is 14.2. The summed E-state index contributed by atoms with van der Waals surface area (Å²) < 4.78 is 12.3. The van der Waals surface area contributed by atoms with Gasteiger partial charge in [0.2, 0.25) is 0 Å². The molecule has 0 bridgehead atoms. The number of benzene rings is 1. The van der Waals surface area contributed by atoms with Crippen LogP contribution in [-0.2, 0) is 20.8 Å². The maximum absolute atomic E-state index is 12.2. The molecule has 0 saturated heterocycles. The van der Waals surface area contributed by atoms with Crippen molar-refractivity contribution >= 4 is 46.4 Å². The minimum Gasteiger partial charge on any atom is -0.463 e. The van der Waals surface area contributed by atoms with E-state index in [9.17, 15) is 9.59 Å². The van der Waals surface area contributed by atoms with Gasteiger partial charge in [0, 0.05) is 30.1 Å². The highest BCUT2D eigenvalue weighted by atomic mass is 35.5. The van der Waals surface area contributed by atoms with Gasteiger partial charge in [0.25, 0.3) is 0 Å². The Morgan fingerprint density at radius 1 is 1.43 bits per heavy atom. The Kier molecular flexibility index (Phi) is 6.82. The Morgan fingerprint density at radius 2 is 2.25 bits per heavy atom. The molecule has 3 rings (SSSR count). The number of halogens is 1. The van der Waals surface area contributed by atoms with E-state index in [0.717, 1.165) is 16.2 Å². The van der Waals surface area contributed by atoms with E-state index in [4.69, 9.17) is 21.1 Å². The Labute approximate surface area is 171 Å². The molecule has 2 N–H and O–H groups in total. The Morgan fingerprint density at radius 3 is 3.00 bits per heavy atom. The molecule has 1 aromatic carbocycles. The van der Waals surface area contributed by atoms with Gasteiger partial charge in [0.15, 0.2) is 5.16 Å². The average Bonchev–Trinajstić information content (AvgIpc) is 3.01. The number of aromatic nitrogens is 2. The van der Waals surface area contributed by atoms with E-state index in [0.29, 0.717) is 35.2 Å². The smallest absolute Gasteiger partial charge is 0.337 e. The molecule has 1 aliphatic rings. The van der Waals surface area contributed by atoms with Gasteiger partial charge in [-0.1, -0.05) is 23.4 Å². The van der Waals surface area contributed by atoms with Crippen LogP contribution >= 0.6 is 23.4 Å². The fourth-order valence-electron chi connectivity index (χ4n) is 2.80. The fraction of sp³-hybridized carbons (Fsp3) is 0.389. The number of thioether (sulfide) groups is 1. The first kappa shape index (κ1) is 20.5. The second-order valence-corrected chi connectivity index (χ2v) is 7.32. The van der Waals surface area contributed by atoms with Crippen molar-refractivity contribution in [1.82, 2.24) is 20.2 Å². The monoisotopic (exact) mass is 424 g/mol. The van der Waals surface area contributed by atoms with Crippen LogP contribution in [0.25, 0.3) is 11.0 Å². The van der Waals surface area contributed by atoms with E-state index in [1.54, 1.807) is 20.1 Å². The van der Waals surface area contributed by atoms with E-state index in [-0.39, 0.29) is 19.2 Å². The third-order valence-corrected chi connectivity index (χ3v) is 5.35. The molecule has 1 aromatic heterocycles. The molecule has 10 heteroatoms. The van der Waals surface area contributed by atoms with Crippen LogP contribution in [-0.4, -0.2) is 54.2 Å². The van der Waals surface area contributed by atoms with E-state index < -0.39 is 5.97 Å². The van der Waals surface area contributed by atoms with Crippen molar-refractivity contribution in [2.45, 2.75) is 18.6 Å². The van der Waals surface area contributed by atoms with Gasteiger partial charge in [-0.2, -0.15) is 0 Å². The van der Waals surface area contributed by atoms with Crippen LogP contribution in [0.4, 0.5) is 4.79 Å². The van der Waals surface area contributed by atoms with Crippen molar-refractivity contribution in [3.63, 3.8) is 0 Å². The Hall–Kier alpha value is -2.23. The summed E-state index contributed by atoms with van der Waals surface area (Å²) in [6.07, 6.45) is 0. The van der Waals surface area contributed by atoms with Crippen molar-refractivity contribution in [1.29, 1.82) is 0 Å². The van der Waals surface area contributed by atoms with Gasteiger partial charge in [0.05, 0.1) is 36.4 Å². The SMILES string of the molecule is CCOC(=O)C1=C(CSc2nc3cc(Cl)ccc3n2CCOC)NC(=O)NC1. The number of rotatable bonds is 8. The van der Waals surface area contributed by atoms with Gasteiger partial charge in [-0.15, -0.1) is 0 Å². The molecular formula is C18H21ClN4O4S. The highest BCUT2D eigenvalue weighted by Gasteiger charge is 2.24.